The Hall–Kier alpha value is -4.34. The molecule has 0 saturated carbocycles. The van der Waals surface area contributed by atoms with E-state index >= 15 is 0 Å². The number of aromatic nitrogens is 1. The van der Waals surface area contributed by atoms with Gasteiger partial charge in [0.15, 0.2) is 16.6 Å². The highest BCUT2D eigenvalue weighted by Gasteiger charge is 2.48. The zero-order valence-electron chi connectivity index (χ0n) is 22.9. The molecule has 0 spiro atoms. The van der Waals surface area contributed by atoms with Crippen LogP contribution in [0.4, 0.5) is 5.13 Å². The molecule has 0 radical (unpaired) electrons. The lowest BCUT2D eigenvalue weighted by molar-refractivity contribution is -0.132. The number of hydrogen-bond donors (Lipinski definition) is 1. The van der Waals surface area contributed by atoms with Gasteiger partial charge >= 0.3 is 5.91 Å². The summed E-state index contributed by atoms with van der Waals surface area (Å²) in [6.45, 7) is 8.15. The Labute approximate surface area is 251 Å². The second-order valence-corrected chi connectivity index (χ2v) is 11.4. The van der Waals surface area contributed by atoms with Crippen molar-refractivity contribution in [3.63, 3.8) is 0 Å². The minimum absolute atomic E-state index is 0.00863. The molecule has 3 aromatic carbocycles. The van der Waals surface area contributed by atoms with E-state index in [-0.39, 0.29) is 24.0 Å². The number of Topliss-reactive ketones (excluding diaryl/α,β-unsaturated/α-hetero) is 1. The fourth-order valence-electron chi connectivity index (χ4n) is 5.29. The summed E-state index contributed by atoms with van der Waals surface area (Å²) >= 11 is 7.44. The van der Waals surface area contributed by atoms with Gasteiger partial charge in [0.25, 0.3) is 5.78 Å². The SMILES string of the molecule is C=CCOc1ccc([C@@H]2/C(=C(\O)c3ccc4c(c3)C[C@H](C)O4)C(=O)C(=O)N2c2nc3ccc(Cl)cc3s2)cc1OCC. The fourth-order valence-corrected chi connectivity index (χ4v) is 6.56. The first-order valence-corrected chi connectivity index (χ1v) is 14.7. The van der Waals surface area contributed by atoms with Crippen molar-refractivity contribution in [1.82, 2.24) is 4.98 Å². The van der Waals surface area contributed by atoms with Crippen molar-refractivity contribution in [3.05, 3.63) is 94.5 Å². The van der Waals surface area contributed by atoms with Crippen molar-refractivity contribution < 1.29 is 28.9 Å². The molecular weight excluding hydrogens is 576 g/mol. The van der Waals surface area contributed by atoms with Crippen LogP contribution in [-0.2, 0) is 16.0 Å². The van der Waals surface area contributed by atoms with Crippen LogP contribution in [0.5, 0.6) is 17.2 Å². The molecule has 1 aromatic heterocycles. The molecule has 1 fully saturated rings. The normalized spacial score (nSPS) is 19.2. The summed E-state index contributed by atoms with van der Waals surface area (Å²) in [6.07, 6.45) is 2.31. The quantitative estimate of drug-likeness (QED) is 0.102. The van der Waals surface area contributed by atoms with Crippen molar-refractivity contribution in [2.75, 3.05) is 18.1 Å². The molecule has 8 nitrogen and oxygen atoms in total. The molecular formula is C32H27ClN2O6S. The molecule has 3 heterocycles. The topological polar surface area (TPSA) is 98.2 Å². The number of amides is 1. The van der Waals surface area contributed by atoms with Gasteiger partial charge in [-0.2, -0.15) is 0 Å². The van der Waals surface area contributed by atoms with E-state index < -0.39 is 17.7 Å². The van der Waals surface area contributed by atoms with Gasteiger partial charge in [-0.25, -0.2) is 4.98 Å². The van der Waals surface area contributed by atoms with Crippen LogP contribution in [0.1, 0.15) is 36.6 Å². The molecule has 6 rings (SSSR count). The summed E-state index contributed by atoms with van der Waals surface area (Å²) in [5.74, 6) is -0.237. The zero-order valence-corrected chi connectivity index (χ0v) is 24.5. The Morgan fingerprint density at radius 1 is 1.17 bits per heavy atom. The number of anilines is 1. The van der Waals surface area contributed by atoms with Crippen LogP contribution >= 0.6 is 22.9 Å². The lowest BCUT2D eigenvalue weighted by atomic mass is 9.94. The monoisotopic (exact) mass is 602 g/mol. The van der Waals surface area contributed by atoms with Gasteiger partial charge in [-0.15, -0.1) is 0 Å². The predicted octanol–water partition coefficient (Wildman–Crippen LogP) is 6.86. The van der Waals surface area contributed by atoms with E-state index in [0.29, 0.717) is 51.3 Å². The number of benzene rings is 3. The van der Waals surface area contributed by atoms with Crippen molar-refractivity contribution in [1.29, 1.82) is 0 Å². The van der Waals surface area contributed by atoms with Crippen LogP contribution in [0.3, 0.4) is 0 Å². The van der Waals surface area contributed by atoms with Gasteiger partial charge in [0.05, 0.1) is 28.4 Å². The second-order valence-electron chi connectivity index (χ2n) is 9.97. The summed E-state index contributed by atoms with van der Waals surface area (Å²) in [6, 6.07) is 14.7. The number of thiazole rings is 1. The number of ether oxygens (including phenoxy) is 3. The summed E-state index contributed by atoms with van der Waals surface area (Å²) < 4.78 is 18.2. The fraction of sp³-hybridized carbons (Fsp3) is 0.219. The number of hydrogen-bond acceptors (Lipinski definition) is 8. The number of aliphatic hydroxyl groups is 1. The Morgan fingerprint density at radius 2 is 2.00 bits per heavy atom. The van der Waals surface area contributed by atoms with Crippen LogP contribution in [0.15, 0.2) is 72.8 Å². The average molecular weight is 603 g/mol. The van der Waals surface area contributed by atoms with Crippen LogP contribution in [0.2, 0.25) is 5.02 Å². The Bertz CT molecular complexity index is 1780. The van der Waals surface area contributed by atoms with E-state index in [1.165, 1.54) is 16.2 Å². The number of carbonyl (C=O) groups excluding carboxylic acids is 2. The first-order valence-electron chi connectivity index (χ1n) is 13.5. The van der Waals surface area contributed by atoms with E-state index in [2.05, 4.69) is 11.6 Å². The van der Waals surface area contributed by atoms with Gasteiger partial charge in [0.1, 0.15) is 24.2 Å². The lowest BCUT2D eigenvalue weighted by Gasteiger charge is -2.24. The molecule has 2 aliphatic rings. The number of rotatable bonds is 8. The molecule has 42 heavy (non-hydrogen) atoms. The Morgan fingerprint density at radius 3 is 2.79 bits per heavy atom. The van der Waals surface area contributed by atoms with Gasteiger partial charge in [-0.05, 0) is 73.5 Å². The molecule has 214 valence electrons. The number of ketones is 1. The van der Waals surface area contributed by atoms with Gasteiger partial charge in [0.2, 0.25) is 0 Å². The number of nitrogens with zero attached hydrogens (tertiary/aromatic N) is 2. The number of fused-ring (bicyclic) bond motifs is 2. The van der Waals surface area contributed by atoms with Crippen molar-refractivity contribution in [2.45, 2.75) is 32.4 Å². The molecule has 2 aliphatic heterocycles. The minimum Gasteiger partial charge on any atom is -0.507 e. The molecule has 10 heteroatoms. The van der Waals surface area contributed by atoms with Crippen LogP contribution < -0.4 is 19.1 Å². The first-order chi connectivity index (χ1) is 20.3. The standard InChI is InChI=1S/C32H27ClN2O6S/c1-4-12-40-24-11-6-18(15-25(24)39-5-2)28-27(29(36)19-7-10-23-20(14-19)13-17(3)41-23)30(37)31(38)35(28)32-34-22-9-8-21(33)16-26(22)42-32/h4,6-11,14-17,28,36H,1,5,12-13H2,2-3H3/b29-27+/t17-,28+/m0/s1. The van der Waals surface area contributed by atoms with E-state index in [9.17, 15) is 14.7 Å². The molecule has 1 N–H and O–H groups in total. The van der Waals surface area contributed by atoms with Crippen LogP contribution in [-0.4, -0.2) is 41.1 Å². The van der Waals surface area contributed by atoms with Crippen LogP contribution in [0.25, 0.3) is 16.0 Å². The lowest BCUT2D eigenvalue weighted by Crippen LogP contribution is -2.29. The maximum absolute atomic E-state index is 13.7. The van der Waals surface area contributed by atoms with Crippen molar-refractivity contribution in [3.8, 4) is 17.2 Å². The maximum atomic E-state index is 13.7. The molecule has 0 aliphatic carbocycles. The highest BCUT2D eigenvalue weighted by Crippen LogP contribution is 2.46. The second kappa shape index (κ2) is 11.2. The number of halogens is 1. The summed E-state index contributed by atoms with van der Waals surface area (Å²) in [5, 5.41) is 12.5. The molecule has 0 unspecified atom stereocenters. The molecule has 2 atom stereocenters. The van der Waals surface area contributed by atoms with Crippen molar-refractivity contribution >= 4 is 55.7 Å². The third-order valence-electron chi connectivity index (χ3n) is 7.10. The Balaban J connectivity index is 1.54. The van der Waals surface area contributed by atoms with E-state index in [1.807, 2.05) is 13.8 Å². The maximum Gasteiger partial charge on any atom is 0.301 e. The van der Waals surface area contributed by atoms with Gasteiger partial charge in [0, 0.05) is 17.0 Å². The highest BCUT2D eigenvalue weighted by molar-refractivity contribution is 7.22. The first kappa shape index (κ1) is 27.8. The largest absolute Gasteiger partial charge is 0.507 e. The van der Waals surface area contributed by atoms with E-state index in [0.717, 1.165) is 16.0 Å². The Kier molecular flexibility index (Phi) is 7.38. The van der Waals surface area contributed by atoms with Crippen molar-refractivity contribution in [2.24, 2.45) is 0 Å². The van der Waals surface area contributed by atoms with E-state index in [4.69, 9.17) is 25.8 Å². The molecule has 0 bridgehead atoms. The zero-order chi connectivity index (χ0) is 29.5. The highest BCUT2D eigenvalue weighted by atomic mass is 35.5. The minimum atomic E-state index is -0.989. The van der Waals surface area contributed by atoms with Gasteiger partial charge < -0.3 is 19.3 Å². The third kappa shape index (κ3) is 4.88. The van der Waals surface area contributed by atoms with E-state index in [1.54, 1.807) is 60.7 Å². The predicted molar refractivity (Wildman–Crippen MR) is 163 cm³/mol. The van der Waals surface area contributed by atoms with Crippen LogP contribution in [0, 0.1) is 0 Å². The van der Waals surface area contributed by atoms with Gasteiger partial charge in [-0.1, -0.05) is 41.7 Å². The molecule has 4 aromatic rings. The average Bonchev–Trinajstić information content (AvgIpc) is 3.63. The third-order valence-corrected chi connectivity index (χ3v) is 8.35. The summed E-state index contributed by atoms with van der Waals surface area (Å²) in [4.78, 5) is 33.4. The summed E-state index contributed by atoms with van der Waals surface area (Å²) in [5.41, 5.74) is 2.46. The number of carbonyl (C=O) groups is 2. The smallest absolute Gasteiger partial charge is 0.301 e. The summed E-state index contributed by atoms with van der Waals surface area (Å²) in [7, 11) is 0. The number of aliphatic hydroxyl groups excluding tert-OH is 1. The molecule has 1 amide bonds. The van der Waals surface area contributed by atoms with Gasteiger partial charge in [-0.3, -0.25) is 14.5 Å². The molecule has 1 saturated heterocycles.